The number of carbonyl (C=O) groups excluding carboxylic acids is 1. The van der Waals surface area contributed by atoms with Gasteiger partial charge in [-0.15, -0.1) is 11.8 Å². The molecule has 1 unspecified atom stereocenters. The van der Waals surface area contributed by atoms with Gasteiger partial charge in [0.1, 0.15) is 17.7 Å². The van der Waals surface area contributed by atoms with Gasteiger partial charge in [-0.3, -0.25) is 0 Å². The Morgan fingerprint density at radius 1 is 0.941 bits per heavy atom. The predicted octanol–water partition coefficient (Wildman–Crippen LogP) is 7.79. The van der Waals surface area contributed by atoms with E-state index < -0.39 is 0 Å². The first kappa shape index (κ1) is 24.2. The van der Waals surface area contributed by atoms with E-state index in [9.17, 15) is 4.79 Å². The number of para-hydroxylation sites is 2. The molecule has 34 heavy (non-hydrogen) atoms. The summed E-state index contributed by atoms with van der Waals surface area (Å²) < 4.78 is 6.21. The van der Waals surface area contributed by atoms with Crippen molar-refractivity contribution in [3.8, 4) is 5.75 Å². The van der Waals surface area contributed by atoms with E-state index in [1.54, 1.807) is 11.8 Å². The third-order valence-corrected chi connectivity index (χ3v) is 7.42. The van der Waals surface area contributed by atoms with Gasteiger partial charge in [-0.25, -0.2) is 4.79 Å². The van der Waals surface area contributed by atoms with E-state index in [1.807, 2.05) is 41.3 Å². The Morgan fingerprint density at radius 3 is 2.26 bits per heavy atom. The van der Waals surface area contributed by atoms with Crippen molar-refractivity contribution in [3.63, 3.8) is 0 Å². The van der Waals surface area contributed by atoms with Gasteiger partial charge < -0.3 is 15.0 Å². The number of benzene rings is 3. The van der Waals surface area contributed by atoms with Crippen molar-refractivity contribution in [1.82, 2.24) is 4.90 Å². The Labute approximate surface area is 207 Å². The summed E-state index contributed by atoms with van der Waals surface area (Å²) in [5, 5.41) is 3.21. The van der Waals surface area contributed by atoms with Crippen molar-refractivity contribution in [2.45, 2.75) is 51.5 Å². The number of nitrogens with zero attached hydrogens (tertiary/aromatic N) is 1. The van der Waals surface area contributed by atoms with E-state index in [0.29, 0.717) is 25.0 Å². The Hall–Kier alpha value is -2.92. The summed E-state index contributed by atoms with van der Waals surface area (Å²) in [4.78, 5) is 15.5. The maximum atomic E-state index is 13.6. The highest BCUT2D eigenvalue weighted by Crippen LogP contribution is 2.43. The molecule has 1 fully saturated rings. The molecule has 0 radical (unpaired) electrons. The zero-order chi connectivity index (χ0) is 24.1. The lowest BCUT2D eigenvalue weighted by Crippen LogP contribution is -2.35. The lowest BCUT2D eigenvalue weighted by atomic mass is 9.93. The maximum absolute atomic E-state index is 13.6. The fourth-order valence-corrected chi connectivity index (χ4v) is 5.64. The fraction of sp³-hybridized carbons (Fsp3) is 0.345. The van der Waals surface area contributed by atoms with Crippen LogP contribution in [0.2, 0.25) is 0 Å². The molecule has 1 aliphatic rings. The monoisotopic (exact) mass is 474 g/mol. The van der Waals surface area contributed by atoms with Gasteiger partial charge in [0.25, 0.3) is 0 Å². The largest absolute Gasteiger partial charge is 0.489 e. The molecule has 3 aromatic rings. The molecule has 1 aliphatic heterocycles. The zero-order valence-corrected chi connectivity index (χ0v) is 21.3. The summed E-state index contributed by atoms with van der Waals surface area (Å²) in [7, 11) is 0. The zero-order valence-electron chi connectivity index (χ0n) is 20.5. The van der Waals surface area contributed by atoms with Gasteiger partial charge in [-0.1, -0.05) is 94.4 Å². The van der Waals surface area contributed by atoms with Gasteiger partial charge in [0.2, 0.25) is 0 Å². The molecule has 4 nitrogen and oxygen atoms in total. The molecular weight excluding hydrogens is 440 g/mol. The number of rotatable bonds is 7. The number of urea groups is 1. The summed E-state index contributed by atoms with van der Waals surface area (Å²) in [6.45, 7) is 9.89. The summed E-state index contributed by atoms with van der Waals surface area (Å²) >= 11 is 1.78. The smallest absolute Gasteiger partial charge is 0.323 e. The van der Waals surface area contributed by atoms with Gasteiger partial charge in [0.15, 0.2) is 0 Å². The van der Waals surface area contributed by atoms with Crippen molar-refractivity contribution in [1.29, 1.82) is 0 Å². The van der Waals surface area contributed by atoms with Crippen LogP contribution >= 0.6 is 11.8 Å². The maximum Gasteiger partial charge on any atom is 0.323 e. The molecule has 1 atom stereocenters. The van der Waals surface area contributed by atoms with Crippen LogP contribution in [0, 0.1) is 0 Å². The van der Waals surface area contributed by atoms with Crippen LogP contribution in [0.1, 0.15) is 67.2 Å². The molecule has 0 aromatic heterocycles. The molecule has 1 N–H and O–H groups in total. The molecule has 0 saturated carbocycles. The van der Waals surface area contributed by atoms with E-state index in [4.69, 9.17) is 4.74 Å². The standard InChI is InChI=1S/C29H34N2O2S/c1-20(2)23-14-10-15-24(21(3)4)27(23)30-29(32)31-17-18-34-28(31)25-13-8-9-16-26(25)33-19-22-11-6-5-7-12-22/h5-16,20-21,28H,17-19H2,1-4H3,(H,30,32). The second-order valence-electron chi connectivity index (χ2n) is 9.28. The van der Waals surface area contributed by atoms with Crippen LogP contribution in [0.15, 0.2) is 72.8 Å². The summed E-state index contributed by atoms with van der Waals surface area (Å²) in [6, 6.07) is 24.5. The molecule has 178 valence electrons. The second kappa shape index (κ2) is 11.0. The summed E-state index contributed by atoms with van der Waals surface area (Å²) in [6.07, 6.45) is 0. The second-order valence-corrected chi connectivity index (χ2v) is 10.5. The number of hydrogen-bond acceptors (Lipinski definition) is 3. The highest BCUT2D eigenvalue weighted by atomic mass is 32.2. The molecule has 5 heteroatoms. The molecule has 2 amide bonds. The van der Waals surface area contributed by atoms with Gasteiger partial charge in [0, 0.05) is 23.5 Å². The first-order chi connectivity index (χ1) is 16.5. The molecular formula is C29H34N2O2S. The van der Waals surface area contributed by atoms with Gasteiger partial charge in [0.05, 0.1) is 0 Å². The quantitative estimate of drug-likeness (QED) is 0.380. The van der Waals surface area contributed by atoms with E-state index in [1.165, 1.54) is 11.1 Å². The van der Waals surface area contributed by atoms with Crippen molar-refractivity contribution >= 4 is 23.5 Å². The first-order valence-corrected chi connectivity index (χ1v) is 13.1. The van der Waals surface area contributed by atoms with Crippen molar-refractivity contribution in [3.05, 3.63) is 95.1 Å². The normalized spacial score (nSPS) is 15.7. The van der Waals surface area contributed by atoms with Crippen LogP contribution < -0.4 is 10.1 Å². The summed E-state index contributed by atoms with van der Waals surface area (Å²) in [5.74, 6) is 2.37. The van der Waals surface area contributed by atoms with Gasteiger partial charge >= 0.3 is 6.03 Å². The molecule has 0 bridgehead atoms. The minimum Gasteiger partial charge on any atom is -0.489 e. The van der Waals surface area contributed by atoms with Crippen molar-refractivity contribution < 1.29 is 9.53 Å². The molecule has 1 heterocycles. The van der Waals surface area contributed by atoms with Crippen LogP contribution in [0.25, 0.3) is 0 Å². The third-order valence-electron chi connectivity index (χ3n) is 6.18. The topological polar surface area (TPSA) is 41.6 Å². The highest BCUT2D eigenvalue weighted by Gasteiger charge is 2.33. The number of carbonyl (C=O) groups is 1. The number of ether oxygens (including phenoxy) is 1. The van der Waals surface area contributed by atoms with Crippen molar-refractivity contribution in [2.24, 2.45) is 0 Å². The lowest BCUT2D eigenvalue weighted by molar-refractivity contribution is 0.213. The molecule has 4 rings (SSSR count). The number of hydrogen-bond donors (Lipinski definition) is 1. The van der Waals surface area contributed by atoms with E-state index in [0.717, 1.165) is 28.3 Å². The Balaban J connectivity index is 1.57. The minimum absolute atomic E-state index is 0.0529. The third kappa shape index (κ3) is 5.41. The van der Waals surface area contributed by atoms with Crippen LogP contribution in [0.5, 0.6) is 5.75 Å². The van der Waals surface area contributed by atoms with Crippen LogP contribution in [0.4, 0.5) is 10.5 Å². The predicted molar refractivity (Wildman–Crippen MR) is 143 cm³/mol. The van der Waals surface area contributed by atoms with Gasteiger partial charge in [-0.2, -0.15) is 0 Å². The molecule has 1 saturated heterocycles. The van der Waals surface area contributed by atoms with Crippen molar-refractivity contribution in [2.75, 3.05) is 17.6 Å². The lowest BCUT2D eigenvalue weighted by Gasteiger charge is -2.28. The van der Waals surface area contributed by atoms with E-state index >= 15 is 0 Å². The Kier molecular flexibility index (Phi) is 7.84. The first-order valence-electron chi connectivity index (χ1n) is 12.0. The molecule has 3 aromatic carbocycles. The number of thioether (sulfide) groups is 1. The Morgan fingerprint density at radius 2 is 1.59 bits per heavy atom. The van der Waals surface area contributed by atoms with Crippen LogP contribution in [-0.2, 0) is 6.61 Å². The average molecular weight is 475 g/mol. The molecule has 0 spiro atoms. The average Bonchev–Trinajstić information content (AvgIpc) is 3.33. The minimum atomic E-state index is -0.0827. The SMILES string of the molecule is CC(C)c1cccc(C(C)C)c1NC(=O)N1CCSC1c1ccccc1OCc1ccccc1. The Bertz CT molecular complexity index is 1090. The highest BCUT2D eigenvalue weighted by molar-refractivity contribution is 7.99. The van der Waals surface area contributed by atoms with Gasteiger partial charge in [-0.05, 0) is 34.6 Å². The number of nitrogens with one attached hydrogen (secondary N) is 1. The molecule has 0 aliphatic carbocycles. The van der Waals surface area contributed by atoms with Crippen LogP contribution in [-0.4, -0.2) is 23.2 Å². The summed E-state index contributed by atoms with van der Waals surface area (Å²) in [5.41, 5.74) is 5.47. The number of anilines is 1. The van der Waals surface area contributed by atoms with E-state index in [-0.39, 0.29) is 11.4 Å². The van der Waals surface area contributed by atoms with Crippen LogP contribution in [0.3, 0.4) is 0 Å². The van der Waals surface area contributed by atoms with E-state index in [2.05, 4.69) is 69.4 Å². The number of amides is 2. The fourth-order valence-electron chi connectivity index (χ4n) is 4.36.